The van der Waals surface area contributed by atoms with E-state index in [0.29, 0.717) is 11.8 Å². The molecule has 1 aliphatic heterocycles. The third-order valence-corrected chi connectivity index (χ3v) is 9.23. The van der Waals surface area contributed by atoms with E-state index in [0.717, 1.165) is 43.0 Å². The highest BCUT2D eigenvalue weighted by atomic mass is 32.2. The van der Waals surface area contributed by atoms with E-state index in [9.17, 15) is 5.11 Å². The van der Waals surface area contributed by atoms with E-state index in [2.05, 4.69) is 42.2 Å². The summed E-state index contributed by atoms with van der Waals surface area (Å²) in [4.78, 5) is 7.55. The van der Waals surface area contributed by atoms with E-state index in [4.69, 9.17) is 4.42 Å². The summed E-state index contributed by atoms with van der Waals surface area (Å²) in [5.74, 6) is 4.21. The fraction of sp³-hybridized carbons (Fsp3) is 0.516. The fourth-order valence-electron chi connectivity index (χ4n) is 5.74. The van der Waals surface area contributed by atoms with Gasteiger partial charge in [0.05, 0.1) is 19.3 Å². The van der Waals surface area contributed by atoms with Crippen molar-refractivity contribution in [3.63, 3.8) is 0 Å². The molecule has 2 heterocycles. The van der Waals surface area contributed by atoms with E-state index in [1.165, 1.54) is 36.6 Å². The lowest BCUT2D eigenvalue weighted by Gasteiger charge is -2.39. The monoisotopic (exact) mass is 507 g/mol. The zero-order chi connectivity index (χ0) is 25.4. The van der Waals surface area contributed by atoms with Crippen LogP contribution in [0.3, 0.4) is 0 Å². The van der Waals surface area contributed by atoms with Crippen LogP contribution in [0.1, 0.15) is 70.1 Å². The Balaban J connectivity index is 0.00000148. The first-order chi connectivity index (χ1) is 17.7. The van der Waals surface area contributed by atoms with Gasteiger partial charge in [-0.05, 0) is 42.9 Å². The van der Waals surface area contributed by atoms with Crippen molar-refractivity contribution < 1.29 is 14.4 Å². The second kappa shape index (κ2) is 12.9. The van der Waals surface area contributed by atoms with Crippen LogP contribution in [0, 0.1) is 17.8 Å². The van der Waals surface area contributed by atoms with Crippen LogP contribution in [0.15, 0.2) is 76.2 Å². The predicted molar refractivity (Wildman–Crippen MR) is 148 cm³/mol. The van der Waals surface area contributed by atoms with E-state index in [1.54, 1.807) is 4.90 Å². The molecule has 194 valence electrons. The summed E-state index contributed by atoms with van der Waals surface area (Å²) in [6.07, 6.45) is 7.56. The summed E-state index contributed by atoms with van der Waals surface area (Å²) in [5, 5.41) is 11.8. The van der Waals surface area contributed by atoms with Gasteiger partial charge in [-0.2, -0.15) is 0 Å². The van der Waals surface area contributed by atoms with Crippen LogP contribution in [-0.2, 0) is 12.1 Å². The molecule has 4 atom stereocenters. The van der Waals surface area contributed by atoms with Crippen molar-refractivity contribution in [3.05, 3.63) is 84.1 Å². The fourth-order valence-corrected chi connectivity index (χ4v) is 6.89. The minimum absolute atomic E-state index is 0.174. The first-order valence-corrected chi connectivity index (χ1v) is 14.9. The highest BCUT2D eigenvalue weighted by Gasteiger charge is 2.47. The summed E-state index contributed by atoms with van der Waals surface area (Å²) in [5.41, 5.74) is -0.237. The number of nitrogens with one attached hydrogen (secondary N) is 1. The Bertz CT molecular complexity index is 1040. The standard InChI is InChI=1S/C29H36N2O2S.C2H6/c1-2-22-16-17-31(19-23(22)21-34-27-14-7-4-8-15-27)20-26-18-30-28(33-26)29(32,25-12-9-13-25)24-10-5-3-6-11-24;1-2/h3-8,10-11,14-15,18,22-23,25,32H,2,9,12-13,16-17,19-21H2,1H3;1-2H3/p+1/t22?,23-,29?;/m0./s1. The van der Waals surface area contributed by atoms with Gasteiger partial charge >= 0.3 is 0 Å². The molecule has 1 saturated carbocycles. The van der Waals surface area contributed by atoms with Gasteiger partial charge in [0.25, 0.3) is 0 Å². The van der Waals surface area contributed by atoms with E-state index in [-0.39, 0.29) is 5.92 Å². The Morgan fingerprint density at radius 2 is 1.69 bits per heavy atom. The Kier molecular flexibility index (Phi) is 9.69. The molecule has 1 aromatic heterocycles. The average Bonchev–Trinajstić information content (AvgIpc) is 3.38. The Labute approximate surface area is 221 Å². The van der Waals surface area contributed by atoms with Crippen molar-refractivity contribution in [3.8, 4) is 0 Å². The molecule has 2 aromatic carbocycles. The molecule has 2 aliphatic rings. The number of aliphatic hydroxyl groups is 1. The zero-order valence-corrected chi connectivity index (χ0v) is 23.0. The first-order valence-electron chi connectivity index (χ1n) is 13.9. The number of aromatic nitrogens is 1. The number of nitrogens with zero attached hydrogens (tertiary/aromatic N) is 1. The van der Waals surface area contributed by atoms with Crippen LogP contribution in [0.5, 0.6) is 0 Å². The molecular weight excluding hydrogens is 464 g/mol. The molecule has 1 saturated heterocycles. The maximum Gasteiger partial charge on any atom is 0.231 e. The first kappa shape index (κ1) is 27.0. The third-order valence-electron chi connectivity index (χ3n) is 8.03. The number of thioether (sulfide) groups is 1. The second-order valence-electron chi connectivity index (χ2n) is 10.1. The normalized spacial score (nSPS) is 23.7. The molecule has 4 nitrogen and oxygen atoms in total. The van der Waals surface area contributed by atoms with Crippen molar-refractivity contribution >= 4 is 11.8 Å². The van der Waals surface area contributed by atoms with E-state index in [1.807, 2.05) is 62.1 Å². The zero-order valence-electron chi connectivity index (χ0n) is 22.2. The maximum absolute atomic E-state index is 11.8. The SMILES string of the molecule is CC.CCC1CC[NH+](Cc2cnc(C(O)(c3ccccc3)C3CCC3)o2)C[C@H]1CSc1ccccc1. The molecule has 3 unspecified atom stereocenters. The molecule has 0 amide bonds. The summed E-state index contributed by atoms with van der Waals surface area (Å²) >= 11 is 1.99. The quantitative estimate of drug-likeness (QED) is 0.351. The van der Waals surface area contributed by atoms with Gasteiger partial charge in [0, 0.05) is 22.5 Å². The molecule has 2 N–H and O–H groups in total. The van der Waals surface area contributed by atoms with Gasteiger partial charge in [0.1, 0.15) is 6.54 Å². The molecular formula is C31H43N2O2S+. The smallest absolute Gasteiger partial charge is 0.231 e. The summed E-state index contributed by atoms with van der Waals surface area (Å²) in [7, 11) is 0. The predicted octanol–water partition coefficient (Wildman–Crippen LogP) is 5.96. The lowest BCUT2D eigenvalue weighted by Crippen LogP contribution is -3.12. The minimum atomic E-state index is -1.13. The molecule has 5 heteroatoms. The Morgan fingerprint density at radius 3 is 2.33 bits per heavy atom. The van der Waals surface area contributed by atoms with Crippen molar-refractivity contribution in [2.75, 3.05) is 18.8 Å². The molecule has 0 spiro atoms. The lowest BCUT2D eigenvalue weighted by molar-refractivity contribution is -0.924. The molecule has 36 heavy (non-hydrogen) atoms. The van der Waals surface area contributed by atoms with Gasteiger partial charge in [-0.15, -0.1) is 11.8 Å². The molecule has 0 bridgehead atoms. The van der Waals surface area contributed by atoms with Crippen molar-refractivity contribution in [1.29, 1.82) is 0 Å². The number of hydrogen-bond donors (Lipinski definition) is 2. The van der Waals surface area contributed by atoms with Gasteiger partial charge in [-0.25, -0.2) is 4.98 Å². The Morgan fingerprint density at radius 1 is 1.00 bits per heavy atom. The van der Waals surface area contributed by atoms with E-state index >= 15 is 0 Å². The molecule has 1 aliphatic carbocycles. The lowest BCUT2D eigenvalue weighted by atomic mass is 9.69. The van der Waals surface area contributed by atoms with Crippen molar-refractivity contribution in [1.82, 2.24) is 4.98 Å². The van der Waals surface area contributed by atoms with Gasteiger partial charge in [0.15, 0.2) is 11.4 Å². The summed E-state index contributed by atoms with van der Waals surface area (Å²) < 4.78 is 6.29. The summed E-state index contributed by atoms with van der Waals surface area (Å²) in [6.45, 7) is 9.52. The molecule has 0 radical (unpaired) electrons. The Hall–Kier alpha value is -2.08. The summed E-state index contributed by atoms with van der Waals surface area (Å²) in [6, 6.07) is 20.7. The van der Waals surface area contributed by atoms with Gasteiger partial charge in [-0.1, -0.05) is 82.1 Å². The van der Waals surface area contributed by atoms with E-state index < -0.39 is 5.60 Å². The van der Waals surface area contributed by atoms with Gasteiger partial charge in [-0.3, -0.25) is 0 Å². The number of quaternary nitrogens is 1. The maximum atomic E-state index is 11.8. The minimum Gasteiger partial charge on any atom is -0.436 e. The van der Waals surface area contributed by atoms with Gasteiger partial charge < -0.3 is 14.4 Å². The number of likely N-dealkylation sites (tertiary alicyclic amines) is 1. The van der Waals surface area contributed by atoms with Crippen molar-refractivity contribution in [2.45, 2.75) is 69.9 Å². The van der Waals surface area contributed by atoms with Crippen LogP contribution < -0.4 is 4.90 Å². The number of oxazole rings is 1. The van der Waals surface area contributed by atoms with Crippen LogP contribution in [0.25, 0.3) is 0 Å². The second-order valence-corrected chi connectivity index (χ2v) is 11.2. The number of hydrogen-bond acceptors (Lipinski definition) is 4. The largest absolute Gasteiger partial charge is 0.436 e. The highest BCUT2D eigenvalue weighted by Crippen LogP contribution is 2.46. The number of benzene rings is 2. The van der Waals surface area contributed by atoms with Crippen LogP contribution in [0.4, 0.5) is 0 Å². The topological polar surface area (TPSA) is 50.7 Å². The van der Waals surface area contributed by atoms with Crippen LogP contribution >= 0.6 is 11.8 Å². The molecule has 3 aromatic rings. The van der Waals surface area contributed by atoms with Crippen molar-refractivity contribution in [2.24, 2.45) is 17.8 Å². The highest BCUT2D eigenvalue weighted by molar-refractivity contribution is 7.99. The third kappa shape index (κ3) is 6.07. The molecule has 5 rings (SSSR count). The number of piperidine rings is 1. The van der Waals surface area contributed by atoms with Crippen LogP contribution in [0.2, 0.25) is 0 Å². The average molecular weight is 508 g/mol. The van der Waals surface area contributed by atoms with Gasteiger partial charge in [0.2, 0.25) is 5.89 Å². The van der Waals surface area contributed by atoms with Crippen LogP contribution in [-0.4, -0.2) is 28.9 Å². The number of rotatable bonds is 9. The molecule has 2 fully saturated rings.